The lowest BCUT2D eigenvalue weighted by molar-refractivity contribution is -0.111. The Balaban J connectivity index is 2.04. The van der Waals surface area contributed by atoms with Crippen molar-refractivity contribution in [1.82, 2.24) is 0 Å². The smallest absolute Gasteiger partial charge is 0.255 e. The number of halogens is 1. The molecule has 4 heteroatoms. The fraction of sp³-hybridized carbons (Fsp3) is 0.0667. The number of hydrogen-bond acceptors (Lipinski definition) is 2. The Morgan fingerprint density at radius 3 is 2.16 bits per heavy atom. The van der Waals surface area contributed by atoms with Gasteiger partial charge in [0.2, 0.25) is 5.24 Å². The Morgan fingerprint density at radius 1 is 0.947 bits per heavy atom. The van der Waals surface area contributed by atoms with Crippen LogP contribution in [0.25, 0.3) is 0 Å². The van der Waals surface area contributed by atoms with Gasteiger partial charge >= 0.3 is 0 Å². The number of amides is 1. The highest BCUT2D eigenvalue weighted by molar-refractivity contribution is 6.63. The highest BCUT2D eigenvalue weighted by Gasteiger charge is 2.05. The predicted molar refractivity (Wildman–Crippen MR) is 75.4 cm³/mol. The zero-order chi connectivity index (χ0) is 13.7. The molecule has 0 aliphatic rings. The van der Waals surface area contributed by atoms with E-state index in [1.165, 1.54) is 0 Å². The molecule has 96 valence electrons. The van der Waals surface area contributed by atoms with Gasteiger partial charge in [0.15, 0.2) is 0 Å². The molecule has 0 fully saturated rings. The molecule has 0 saturated carbocycles. The maximum absolute atomic E-state index is 11.9. The minimum Gasteiger partial charge on any atom is -0.322 e. The molecule has 1 N–H and O–H groups in total. The summed E-state index contributed by atoms with van der Waals surface area (Å²) in [6.45, 7) is 0. The summed E-state index contributed by atoms with van der Waals surface area (Å²) in [7, 11) is 0. The molecule has 2 rings (SSSR count). The highest BCUT2D eigenvalue weighted by Crippen LogP contribution is 2.12. The molecule has 0 saturated heterocycles. The quantitative estimate of drug-likeness (QED) is 0.869. The van der Waals surface area contributed by atoms with Crippen LogP contribution < -0.4 is 5.32 Å². The molecule has 2 aromatic carbocycles. The fourth-order valence-corrected chi connectivity index (χ4v) is 1.81. The van der Waals surface area contributed by atoms with Gasteiger partial charge in [0, 0.05) is 17.7 Å². The van der Waals surface area contributed by atoms with Crippen LogP contribution >= 0.6 is 11.6 Å². The van der Waals surface area contributed by atoms with E-state index in [0.717, 1.165) is 5.56 Å². The normalized spacial score (nSPS) is 9.95. The van der Waals surface area contributed by atoms with Crippen molar-refractivity contribution in [2.24, 2.45) is 0 Å². The molecule has 2 aromatic rings. The van der Waals surface area contributed by atoms with Gasteiger partial charge in [-0.15, -0.1) is 0 Å². The molecule has 0 unspecified atom stereocenters. The minimum absolute atomic E-state index is 0.165. The Labute approximate surface area is 116 Å². The second-order valence-electron chi connectivity index (χ2n) is 4.05. The SMILES string of the molecule is O=C(Cl)Cc1ccc(NC(=O)c2ccccc2)cc1. The molecule has 0 atom stereocenters. The van der Waals surface area contributed by atoms with Crippen molar-refractivity contribution in [2.45, 2.75) is 6.42 Å². The molecule has 0 aromatic heterocycles. The second kappa shape index (κ2) is 6.16. The number of rotatable bonds is 4. The molecular weight excluding hydrogens is 262 g/mol. The van der Waals surface area contributed by atoms with Crippen molar-refractivity contribution in [3.63, 3.8) is 0 Å². The van der Waals surface area contributed by atoms with Gasteiger partial charge < -0.3 is 5.32 Å². The molecule has 0 bridgehead atoms. The largest absolute Gasteiger partial charge is 0.322 e. The Bertz CT molecular complexity index is 579. The number of carbonyl (C=O) groups excluding carboxylic acids is 2. The standard InChI is InChI=1S/C15H12ClNO2/c16-14(18)10-11-6-8-13(9-7-11)17-15(19)12-4-2-1-3-5-12/h1-9H,10H2,(H,17,19). The van der Waals surface area contributed by atoms with Crippen LogP contribution in [0.5, 0.6) is 0 Å². The fourth-order valence-electron chi connectivity index (χ4n) is 1.66. The molecule has 0 radical (unpaired) electrons. The van der Waals surface area contributed by atoms with Crippen LogP contribution in [0.15, 0.2) is 54.6 Å². The summed E-state index contributed by atoms with van der Waals surface area (Å²) >= 11 is 5.31. The van der Waals surface area contributed by atoms with Crippen LogP contribution in [0.2, 0.25) is 0 Å². The van der Waals surface area contributed by atoms with Crippen molar-refractivity contribution in [3.05, 3.63) is 65.7 Å². The second-order valence-corrected chi connectivity index (χ2v) is 4.47. The first kappa shape index (κ1) is 13.3. The number of benzene rings is 2. The first-order valence-corrected chi connectivity index (χ1v) is 6.16. The van der Waals surface area contributed by atoms with Crippen molar-refractivity contribution in [3.8, 4) is 0 Å². The van der Waals surface area contributed by atoms with Gasteiger partial charge in [-0.05, 0) is 41.4 Å². The Hall–Kier alpha value is -2.13. The van der Waals surface area contributed by atoms with Gasteiger partial charge in [-0.1, -0.05) is 30.3 Å². The van der Waals surface area contributed by atoms with E-state index in [-0.39, 0.29) is 12.3 Å². The van der Waals surface area contributed by atoms with Gasteiger partial charge in [0.25, 0.3) is 5.91 Å². The van der Waals surface area contributed by atoms with Crippen molar-refractivity contribution >= 4 is 28.4 Å². The minimum atomic E-state index is -0.402. The van der Waals surface area contributed by atoms with E-state index in [0.29, 0.717) is 11.3 Å². The molecule has 0 heterocycles. The summed E-state index contributed by atoms with van der Waals surface area (Å²) in [6.07, 6.45) is 0.189. The molecular formula is C15H12ClNO2. The number of nitrogens with one attached hydrogen (secondary N) is 1. The zero-order valence-corrected chi connectivity index (χ0v) is 10.9. The summed E-state index contributed by atoms with van der Waals surface area (Å²) in [5, 5.41) is 2.38. The predicted octanol–water partition coefficient (Wildman–Crippen LogP) is 3.25. The van der Waals surface area contributed by atoms with Gasteiger partial charge in [0.1, 0.15) is 0 Å². The van der Waals surface area contributed by atoms with Crippen molar-refractivity contribution in [1.29, 1.82) is 0 Å². The van der Waals surface area contributed by atoms with Gasteiger partial charge in [-0.3, -0.25) is 9.59 Å². The van der Waals surface area contributed by atoms with E-state index in [9.17, 15) is 9.59 Å². The van der Waals surface area contributed by atoms with Gasteiger partial charge in [0.05, 0.1) is 0 Å². The number of hydrogen-bond donors (Lipinski definition) is 1. The van der Waals surface area contributed by atoms with E-state index < -0.39 is 5.24 Å². The summed E-state index contributed by atoms with van der Waals surface area (Å²) in [6, 6.07) is 16.0. The molecule has 1 amide bonds. The summed E-state index contributed by atoms with van der Waals surface area (Å²) in [5.74, 6) is -0.165. The average Bonchev–Trinajstić information content (AvgIpc) is 2.41. The monoisotopic (exact) mass is 273 g/mol. The molecule has 3 nitrogen and oxygen atoms in total. The van der Waals surface area contributed by atoms with E-state index in [1.807, 2.05) is 18.2 Å². The lowest BCUT2D eigenvalue weighted by atomic mass is 10.1. The summed E-state index contributed by atoms with van der Waals surface area (Å²) < 4.78 is 0. The molecule has 19 heavy (non-hydrogen) atoms. The van der Waals surface area contributed by atoms with Crippen molar-refractivity contribution < 1.29 is 9.59 Å². The lowest BCUT2D eigenvalue weighted by Crippen LogP contribution is -2.11. The molecule has 0 spiro atoms. The van der Waals surface area contributed by atoms with Crippen LogP contribution in [0.4, 0.5) is 5.69 Å². The average molecular weight is 274 g/mol. The van der Waals surface area contributed by atoms with Crippen LogP contribution in [-0.4, -0.2) is 11.1 Å². The van der Waals surface area contributed by atoms with Gasteiger partial charge in [-0.2, -0.15) is 0 Å². The summed E-state index contributed by atoms with van der Waals surface area (Å²) in [4.78, 5) is 22.6. The summed E-state index contributed by atoms with van der Waals surface area (Å²) in [5.41, 5.74) is 2.10. The first-order chi connectivity index (χ1) is 9.15. The topological polar surface area (TPSA) is 46.2 Å². The third-order valence-electron chi connectivity index (χ3n) is 2.59. The van der Waals surface area contributed by atoms with E-state index in [2.05, 4.69) is 5.32 Å². The highest BCUT2D eigenvalue weighted by atomic mass is 35.5. The zero-order valence-electron chi connectivity index (χ0n) is 10.1. The Morgan fingerprint density at radius 2 is 1.58 bits per heavy atom. The van der Waals surface area contributed by atoms with Crippen LogP contribution in [0.1, 0.15) is 15.9 Å². The maximum atomic E-state index is 11.9. The van der Waals surface area contributed by atoms with Crippen LogP contribution in [0, 0.1) is 0 Å². The maximum Gasteiger partial charge on any atom is 0.255 e. The van der Waals surface area contributed by atoms with Crippen LogP contribution in [-0.2, 0) is 11.2 Å². The molecule has 0 aliphatic carbocycles. The van der Waals surface area contributed by atoms with E-state index >= 15 is 0 Å². The molecule has 0 aliphatic heterocycles. The van der Waals surface area contributed by atoms with Crippen LogP contribution in [0.3, 0.4) is 0 Å². The van der Waals surface area contributed by atoms with E-state index in [4.69, 9.17) is 11.6 Å². The van der Waals surface area contributed by atoms with Gasteiger partial charge in [-0.25, -0.2) is 0 Å². The Kier molecular flexibility index (Phi) is 4.31. The first-order valence-electron chi connectivity index (χ1n) is 5.79. The number of carbonyl (C=O) groups is 2. The lowest BCUT2D eigenvalue weighted by Gasteiger charge is -2.05. The number of anilines is 1. The third-order valence-corrected chi connectivity index (χ3v) is 2.72. The van der Waals surface area contributed by atoms with Crippen molar-refractivity contribution in [2.75, 3.05) is 5.32 Å². The third kappa shape index (κ3) is 3.93. The van der Waals surface area contributed by atoms with E-state index in [1.54, 1.807) is 36.4 Å².